The van der Waals surface area contributed by atoms with Crippen LogP contribution in [0.3, 0.4) is 0 Å². The Morgan fingerprint density at radius 1 is 0.935 bits per heavy atom. The van der Waals surface area contributed by atoms with Crippen molar-refractivity contribution in [3.63, 3.8) is 0 Å². The molecule has 0 atom stereocenters. The first kappa shape index (κ1) is 20.3. The number of amides is 2. The van der Waals surface area contributed by atoms with Crippen LogP contribution in [0.2, 0.25) is 5.02 Å². The zero-order valence-electron chi connectivity index (χ0n) is 16.3. The third-order valence-corrected chi connectivity index (χ3v) is 4.68. The van der Waals surface area contributed by atoms with Crippen LogP contribution in [0.5, 0.6) is 0 Å². The summed E-state index contributed by atoms with van der Waals surface area (Å²) >= 11 is 5.82. The summed E-state index contributed by atoms with van der Waals surface area (Å²) in [5.41, 5.74) is 3.51. The standard InChI is InChI=1S/C23H18ClN5O2/c24-15-4-6-17(7-5-15)26-22(30)14-23(31)27-18-8-10-19-20(28-29-21(19)13-18)11-9-16-3-1-2-12-25-16/h1-13H,14H2,(H,26,30)(H,27,31)(H,28,29)/b11-9+. The maximum Gasteiger partial charge on any atom is 0.233 e. The zero-order chi connectivity index (χ0) is 21.6. The van der Waals surface area contributed by atoms with E-state index in [-0.39, 0.29) is 6.42 Å². The first-order valence-corrected chi connectivity index (χ1v) is 9.87. The van der Waals surface area contributed by atoms with Crippen molar-refractivity contribution < 1.29 is 9.59 Å². The van der Waals surface area contributed by atoms with Crippen LogP contribution in [0.4, 0.5) is 11.4 Å². The molecule has 0 radical (unpaired) electrons. The number of carbonyl (C=O) groups is 2. The van der Waals surface area contributed by atoms with Crippen molar-refractivity contribution in [1.29, 1.82) is 0 Å². The third kappa shape index (κ3) is 5.34. The summed E-state index contributed by atoms with van der Waals surface area (Å²) in [6.45, 7) is 0. The first-order valence-electron chi connectivity index (χ1n) is 9.49. The number of pyridine rings is 1. The van der Waals surface area contributed by atoms with E-state index in [1.54, 1.807) is 42.6 Å². The predicted octanol–water partition coefficient (Wildman–Crippen LogP) is 4.75. The minimum Gasteiger partial charge on any atom is -0.326 e. The average Bonchev–Trinajstić information content (AvgIpc) is 3.16. The predicted molar refractivity (Wildman–Crippen MR) is 123 cm³/mol. The molecule has 3 N–H and O–H groups in total. The quantitative estimate of drug-likeness (QED) is 0.383. The molecule has 2 heterocycles. The van der Waals surface area contributed by atoms with Crippen molar-refractivity contribution in [1.82, 2.24) is 15.2 Å². The van der Waals surface area contributed by atoms with E-state index in [9.17, 15) is 9.59 Å². The largest absolute Gasteiger partial charge is 0.326 e. The molecule has 0 aliphatic carbocycles. The molecule has 0 spiro atoms. The van der Waals surface area contributed by atoms with E-state index in [0.717, 1.165) is 22.3 Å². The van der Waals surface area contributed by atoms with Gasteiger partial charge in [0.2, 0.25) is 11.8 Å². The minimum absolute atomic E-state index is 0.304. The van der Waals surface area contributed by atoms with Crippen molar-refractivity contribution in [3.8, 4) is 0 Å². The van der Waals surface area contributed by atoms with E-state index in [2.05, 4.69) is 25.8 Å². The Morgan fingerprint density at radius 2 is 1.68 bits per heavy atom. The van der Waals surface area contributed by atoms with E-state index in [1.165, 1.54) is 0 Å². The second-order valence-electron chi connectivity index (χ2n) is 6.74. The highest BCUT2D eigenvalue weighted by Gasteiger charge is 2.11. The van der Waals surface area contributed by atoms with Crippen molar-refractivity contribution in [2.75, 3.05) is 10.6 Å². The van der Waals surface area contributed by atoms with Gasteiger partial charge in [0.05, 0.1) is 16.9 Å². The smallest absolute Gasteiger partial charge is 0.233 e. The lowest BCUT2D eigenvalue weighted by atomic mass is 10.1. The number of hydrogen-bond acceptors (Lipinski definition) is 4. The molecule has 8 heteroatoms. The van der Waals surface area contributed by atoms with Crippen LogP contribution >= 0.6 is 11.6 Å². The Kier molecular flexibility index (Phi) is 6.05. The fourth-order valence-electron chi connectivity index (χ4n) is 2.97. The lowest BCUT2D eigenvalue weighted by molar-refractivity contribution is -0.123. The number of aromatic nitrogens is 3. The molecule has 0 saturated carbocycles. The van der Waals surface area contributed by atoms with Gasteiger partial charge in [0.25, 0.3) is 0 Å². The Bertz CT molecular complexity index is 1250. The molecule has 4 aromatic rings. The van der Waals surface area contributed by atoms with Gasteiger partial charge in [-0.3, -0.25) is 19.7 Å². The fourth-order valence-corrected chi connectivity index (χ4v) is 3.10. The number of H-pyrrole nitrogens is 1. The molecule has 31 heavy (non-hydrogen) atoms. The third-order valence-electron chi connectivity index (χ3n) is 4.42. The maximum atomic E-state index is 12.2. The molecule has 4 rings (SSSR count). The van der Waals surface area contributed by atoms with Crippen molar-refractivity contribution in [3.05, 3.63) is 83.3 Å². The molecular weight excluding hydrogens is 414 g/mol. The van der Waals surface area contributed by atoms with Crippen molar-refractivity contribution >= 4 is 57.8 Å². The normalized spacial score (nSPS) is 11.0. The van der Waals surface area contributed by atoms with Gasteiger partial charge in [-0.2, -0.15) is 5.10 Å². The van der Waals surface area contributed by atoms with E-state index in [1.807, 2.05) is 36.4 Å². The molecule has 0 saturated heterocycles. The molecule has 154 valence electrons. The molecule has 0 unspecified atom stereocenters. The van der Waals surface area contributed by atoms with E-state index in [0.29, 0.717) is 16.4 Å². The van der Waals surface area contributed by atoms with Crippen LogP contribution in [-0.4, -0.2) is 27.0 Å². The topological polar surface area (TPSA) is 99.8 Å². The highest BCUT2D eigenvalue weighted by Crippen LogP contribution is 2.22. The Balaban J connectivity index is 1.38. The van der Waals surface area contributed by atoms with Gasteiger partial charge < -0.3 is 10.6 Å². The summed E-state index contributed by atoms with van der Waals surface area (Å²) in [4.78, 5) is 28.5. The monoisotopic (exact) mass is 431 g/mol. The SMILES string of the molecule is O=C(CC(=O)Nc1ccc2c(/C=C/c3ccccn3)n[nH]c2c1)Nc1ccc(Cl)cc1. The van der Waals surface area contributed by atoms with Crippen molar-refractivity contribution in [2.24, 2.45) is 0 Å². The summed E-state index contributed by atoms with van der Waals surface area (Å²) in [6.07, 6.45) is 5.18. The van der Waals surface area contributed by atoms with Gasteiger partial charge in [0.1, 0.15) is 6.42 Å². The Labute approximate surface area is 183 Å². The highest BCUT2D eigenvalue weighted by molar-refractivity contribution is 6.30. The number of halogens is 1. The fraction of sp³-hybridized carbons (Fsp3) is 0.0435. The molecule has 2 aromatic heterocycles. The van der Waals surface area contributed by atoms with E-state index < -0.39 is 11.8 Å². The van der Waals surface area contributed by atoms with Gasteiger partial charge in [-0.05, 0) is 66.7 Å². The first-order chi connectivity index (χ1) is 15.1. The molecule has 2 aromatic carbocycles. The number of nitrogens with one attached hydrogen (secondary N) is 3. The van der Waals surface area contributed by atoms with Gasteiger partial charge in [0, 0.05) is 28.0 Å². The van der Waals surface area contributed by atoms with Gasteiger partial charge >= 0.3 is 0 Å². The molecule has 0 aliphatic rings. The summed E-state index contributed by atoms with van der Waals surface area (Å²) in [5.74, 6) is -0.829. The highest BCUT2D eigenvalue weighted by atomic mass is 35.5. The average molecular weight is 432 g/mol. The van der Waals surface area contributed by atoms with Crippen LogP contribution in [0.1, 0.15) is 17.8 Å². The summed E-state index contributed by atoms with van der Waals surface area (Å²) in [5, 5.41) is 14.1. The lowest BCUT2D eigenvalue weighted by Crippen LogP contribution is -2.21. The second-order valence-corrected chi connectivity index (χ2v) is 7.17. The Hall–Kier alpha value is -3.97. The molecule has 0 bridgehead atoms. The summed E-state index contributed by atoms with van der Waals surface area (Å²) < 4.78 is 0. The van der Waals surface area contributed by atoms with Crippen LogP contribution in [0.25, 0.3) is 23.1 Å². The summed E-state index contributed by atoms with van der Waals surface area (Å²) in [7, 11) is 0. The van der Waals surface area contributed by atoms with Crippen LogP contribution in [0.15, 0.2) is 66.9 Å². The molecule has 7 nitrogen and oxygen atoms in total. The van der Waals surface area contributed by atoms with Crippen LogP contribution < -0.4 is 10.6 Å². The van der Waals surface area contributed by atoms with Gasteiger partial charge in [0.15, 0.2) is 0 Å². The number of nitrogens with zero attached hydrogens (tertiary/aromatic N) is 2. The van der Waals surface area contributed by atoms with E-state index in [4.69, 9.17) is 11.6 Å². The summed E-state index contributed by atoms with van der Waals surface area (Å²) in [6, 6.07) is 17.8. The maximum absolute atomic E-state index is 12.2. The van der Waals surface area contributed by atoms with Gasteiger partial charge in [-0.25, -0.2) is 0 Å². The number of rotatable bonds is 6. The number of hydrogen-bond donors (Lipinski definition) is 3. The lowest BCUT2D eigenvalue weighted by Gasteiger charge is -2.07. The van der Waals surface area contributed by atoms with E-state index >= 15 is 0 Å². The molecule has 0 aliphatic heterocycles. The number of carbonyl (C=O) groups excluding carboxylic acids is 2. The van der Waals surface area contributed by atoms with Gasteiger partial charge in [-0.15, -0.1) is 0 Å². The second kappa shape index (κ2) is 9.23. The van der Waals surface area contributed by atoms with Gasteiger partial charge in [-0.1, -0.05) is 17.7 Å². The van der Waals surface area contributed by atoms with Crippen molar-refractivity contribution in [2.45, 2.75) is 6.42 Å². The number of fused-ring (bicyclic) bond motifs is 1. The van der Waals surface area contributed by atoms with Crippen LogP contribution in [0, 0.1) is 0 Å². The number of anilines is 2. The van der Waals surface area contributed by atoms with Crippen LogP contribution in [-0.2, 0) is 9.59 Å². The number of benzene rings is 2. The molecular formula is C23H18ClN5O2. The molecule has 2 amide bonds. The molecule has 0 fully saturated rings. The minimum atomic E-state index is -0.416. The number of aromatic amines is 1. The Morgan fingerprint density at radius 3 is 2.42 bits per heavy atom. The zero-order valence-corrected chi connectivity index (χ0v) is 17.1.